The first-order valence-corrected chi connectivity index (χ1v) is 4.21. The van der Waals surface area contributed by atoms with Gasteiger partial charge < -0.3 is 0 Å². The average molecular weight is 277 g/mol. The summed E-state index contributed by atoms with van der Waals surface area (Å²) < 4.78 is 49.2. The molecule has 0 aromatic heterocycles. The molecule has 0 saturated carbocycles. The van der Waals surface area contributed by atoms with Crippen molar-refractivity contribution in [2.75, 3.05) is 0 Å². The smallest absolute Gasteiger partial charge is 0.205 e. The van der Waals surface area contributed by atoms with Crippen molar-refractivity contribution in [1.29, 1.82) is 0 Å². The zero-order chi connectivity index (χ0) is 10.2. The van der Waals surface area contributed by atoms with Gasteiger partial charge in [-0.15, -0.1) is 0 Å². The first-order chi connectivity index (χ1) is 5.82. The molecule has 0 atom stereocenters. The van der Waals surface area contributed by atoms with Crippen LogP contribution < -0.4 is 0 Å². The topological polar surface area (TPSA) is 0 Å². The zero-order valence-electron chi connectivity index (χ0n) is 5.92. The Morgan fingerprint density at radius 1 is 1.23 bits per heavy atom. The molecule has 1 aromatic carbocycles. The molecular formula is C7H2BrClF4. The van der Waals surface area contributed by atoms with Crippen LogP contribution in [0.5, 0.6) is 0 Å². The van der Waals surface area contributed by atoms with Gasteiger partial charge in [0.05, 0.1) is 10.6 Å². The molecule has 0 unspecified atom stereocenters. The Bertz CT molecular complexity index is 334. The van der Waals surface area contributed by atoms with E-state index in [9.17, 15) is 17.6 Å². The number of hydrogen-bond acceptors (Lipinski definition) is 0. The summed E-state index contributed by atoms with van der Waals surface area (Å²) in [6.07, 6.45) is -4.72. The van der Waals surface area contributed by atoms with Crippen LogP contribution in [-0.4, -0.2) is 0 Å². The van der Waals surface area contributed by atoms with Gasteiger partial charge in [-0.2, -0.15) is 13.2 Å². The molecule has 0 aliphatic carbocycles. The van der Waals surface area contributed by atoms with E-state index in [2.05, 4.69) is 15.9 Å². The lowest BCUT2D eigenvalue weighted by molar-refractivity contribution is -0.140. The third-order valence-corrected chi connectivity index (χ3v) is 2.03. The Hall–Kier alpha value is -0.290. The van der Waals surface area contributed by atoms with Crippen molar-refractivity contribution in [3.05, 3.63) is 33.0 Å². The van der Waals surface area contributed by atoms with Gasteiger partial charge in [-0.05, 0) is 12.1 Å². The molecule has 0 heterocycles. The summed E-state index contributed by atoms with van der Waals surface area (Å²) in [6, 6.07) is 1.70. The fourth-order valence-corrected chi connectivity index (χ4v) is 1.57. The number of hydrogen-bond donors (Lipinski definition) is 0. The molecule has 0 radical (unpaired) electrons. The molecular weight excluding hydrogens is 275 g/mol. The second-order valence-electron chi connectivity index (χ2n) is 2.25. The highest BCUT2D eigenvalue weighted by molar-refractivity contribution is 9.10. The number of alkyl halides is 3. The summed E-state index contributed by atoms with van der Waals surface area (Å²) in [4.78, 5) is 0. The van der Waals surface area contributed by atoms with E-state index in [0.29, 0.717) is 6.07 Å². The van der Waals surface area contributed by atoms with Crippen molar-refractivity contribution in [3.8, 4) is 0 Å². The minimum absolute atomic E-state index is 0.0891. The Morgan fingerprint density at radius 2 is 1.77 bits per heavy atom. The highest BCUT2D eigenvalue weighted by Gasteiger charge is 2.35. The molecule has 0 nitrogen and oxygen atoms in total. The minimum Gasteiger partial charge on any atom is -0.205 e. The van der Waals surface area contributed by atoms with E-state index >= 15 is 0 Å². The third kappa shape index (κ3) is 2.34. The number of benzene rings is 1. The van der Waals surface area contributed by atoms with Crippen molar-refractivity contribution < 1.29 is 17.6 Å². The summed E-state index contributed by atoms with van der Waals surface area (Å²) in [6.45, 7) is 0. The molecule has 0 aliphatic rings. The minimum atomic E-state index is -4.72. The quantitative estimate of drug-likeness (QED) is 0.491. The molecule has 1 rings (SSSR count). The van der Waals surface area contributed by atoms with Gasteiger partial charge in [0, 0.05) is 4.47 Å². The normalized spacial score (nSPS) is 11.8. The van der Waals surface area contributed by atoms with Crippen LogP contribution in [0.2, 0.25) is 5.02 Å². The predicted octanol–water partition coefficient (Wildman–Crippen LogP) is 4.26. The first-order valence-electron chi connectivity index (χ1n) is 3.04. The molecule has 0 spiro atoms. The standard InChI is InChI=1S/C7H2BrClF4/c8-3-1-4(7(11,12)13)6(10)5(9)2-3/h1-2H. The van der Waals surface area contributed by atoms with Gasteiger partial charge in [0.1, 0.15) is 0 Å². The van der Waals surface area contributed by atoms with E-state index in [1.807, 2.05) is 0 Å². The number of rotatable bonds is 0. The van der Waals surface area contributed by atoms with Gasteiger partial charge in [-0.25, -0.2) is 4.39 Å². The Morgan fingerprint density at radius 3 is 2.23 bits per heavy atom. The van der Waals surface area contributed by atoms with Gasteiger partial charge in [0.25, 0.3) is 0 Å². The summed E-state index contributed by atoms with van der Waals surface area (Å²) in [5.41, 5.74) is -1.37. The predicted molar refractivity (Wildman–Crippen MR) is 44.1 cm³/mol. The fourth-order valence-electron chi connectivity index (χ4n) is 0.762. The van der Waals surface area contributed by atoms with Gasteiger partial charge in [-0.1, -0.05) is 27.5 Å². The SMILES string of the molecule is Fc1c(Cl)cc(Br)cc1C(F)(F)F. The van der Waals surface area contributed by atoms with Crippen LogP contribution in [0.1, 0.15) is 5.56 Å². The van der Waals surface area contributed by atoms with Crippen molar-refractivity contribution in [2.45, 2.75) is 6.18 Å². The molecule has 1 aromatic rings. The van der Waals surface area contributed by atoms with Crippen LogP contribution in [0, 0.1) is 5.82 Å². The molecule has 0 N–H and O–H groups in total. The van der Waals surface area contributed by atoms with E-state index in [0.717, 1.165) is 6.07 Å². The van der Waals surface area contributed by atoms with Crippen molar-refractivity contribution in [3.63, 3.8) is 0 Å². The molecule has 13 heavy (non-hydrogen) atoms. The van der Waals surface area contributed by atoms with E-state index in [1.165, 1.54) is 0 Å². The van der Waals surface area contributed by atoms with Crippen LogP contribution in [0.4, 0.5) is 17.6 Å². The van der Waals surface area contributed by atoms with Gasteiger partial charge >= 0.3 is 6.18 Å². The monoisotopic (exact) mass is 276 g/mol. The maximum atomic E-state index is 12.8. The highest BCUT2D eigenvalue weighted by Crippen LogP contribution is 2.36. The van der Waals surface area contributed by atoms with Gasteiger partial charge in [0.2, 0.25) is 0 Å². The van der Waals surface area contributed by atoms with Crippen LogP contribution in [0.3, 0.4) is 0 Å². The molecule has 0 fully saturated rings. The zero-order valence-corrected chi connectivity index (χ0v) is 8.26. The van der Waals surface area contributed by atoms with Crippen molar-refractivity contribution in [2.24, 2.45) is 0 Å². The summed E-state index contributed by atoms with van der Waals surface area (Å²) in [7, 11) is 0. The molecule has 72 valence electrons. The van der Waals surface area contributed by atoms with Crippen molar-refractivity contribution in [1.82, 2.24) is 0 Å². The lowest BCUT2D eigenvalue weighted by Crippen LogP contribution is -2.08. The van der Waals surface area contributed by atoms with E-state index < -0.39 is 22.6 Å². The molecule has 0 aliphatic heterocycles. The lowest BCUT2D eigenvalue weighted by atomic mass is 10.2. The van der Waals surface area contributed by atoms with E-state index in [4.69, 9.17) is 11.6 Å². The molecule has 0 bridgehead atoms. The maximum Gasteiger partial charge on any atom is 0.419 e. The third-order valence-electron chi connectivity index (χ3n) is 1.30. The van der Waals surface area contributed by atoms with E-state index in [-0.39, 0.29) is 4.47 Å². The Balaban J connectivity index is 3.37. The average Bonchev–Trinajstić information content (AvgIpc) is 1.94. The van der Waals surface area contributed by atoms with Crippen LogP contribution in [0.25, 0.3) is 0 Å². The Labute approximate surface area is 84.6 Å². The van der Waals surface area contributed by atoms with E-state index in [1.54, 1.807) is 0 Å². The fraction of sp³-hybridized carbons (Fsp3) is 0.143. The summed E-state index contributed by atoms with van der Waals surface area (Å²) >= 11 is 8.01. The molecule has 0 saturated heterocycles. The lowest BCUT2D eigenvalue weighted by Gasteiger charge is -2.08. The van der Waals surface area contributed by atoms with Gasteiger partial charge in [-0.3, -0.25) is 0 Å². The van der Waals surface area contributed by atoms with Crippen LogP contribution in [0.15, 0.2) is 16.6 Å². The Kier molecular flexibility index (Phi) is 2.87. The molecule has 6 heteroatoms. The van der Waals surface area contributed by atoms with Crippen LogP contribution >= 0.6 is 27.5 Å². The number of halogens is 6. The maximum absolute atomic E-state index is 12.8. The first kappa shape index (κ1) is 10.8. The largest absolute Gasteiger partial charge is 0.419 e. The second-order valence-corrected chi connectivity index (χ2v) is 3.57. The highest BCUT2D eigenvalue weighted by atomic mass is 79.9. The van der Waals surface area contributed by atoms with Crippen molar-refractivity contribution >= 4 is 27.5 Å². The molecule has 0 amide bonds. The summed E-state index contributed by atoms with van der Waals surface area (Å²) in [5, 5.41) is -0.554. The van der Waals surface area contributed by atoms with Crippen LogP contribution in [-0.2, 0) is 6.18 Å². The van der Waals surface area contributed by atoms with Gasteiger partial charge in [0.15, 0.2) is 5.82 Å². The summed E-state index contributed by atoms with van der Waals surface area (Å²) in [5.74, 6) is -1.45. The second kappa shape index (κ2) is 3.46.